The number of hydrogen-bond donors (Lipinski definition) is 1. The third kappa shape index (κ3) is 2.91. The number of aryl methyl sites for hydroxylation is 1. The largest absolute Gasteiger partial charge is 0.313 e. The molecule has 0 bridgehead atoms. The molecule has 20 heavy (non-hydrogen) atoms. The monoisotopic (exact) mass is 287 g/mol. The van der Waals surface area contributed by atoms with Gasteiger partial charge in [0.1, 0.15) is 0 Å². The van der Waals surface area contributed by atoms with Crippen LogP contribution < -0.4 is 5.32 Å². The molecule has 0 fully saturated rings. The van der Waals surface area contributed by atoms with Crippen LogP contribution in [0.25, 0.3) is 0 Å². The Morgan fingerprint density at radius 1 is 1.40 bits per heavy atom. The first-order chi connectivity index (χ1) is 9.76. The Bertz CT molecular complexity index is 554. The molecule has 1 aromatic carbocycles. The minimum atomic E-state index is 0.479. The summed E-state index contributed by atoms with van der Waals surface area (Å²) >= 11 is 2.01. The molecule has 0 aliphatic carbocycles. The van der Waals surface area contributed by atoms with E-state index in [1.807, 2.05) is 29.7 Å². The first-order valence-corrected chi connectivity index (χ1v) is 8.10. The SMILES string of the molecule is CCNC(Cc1ccn(C)n1)C1Cc2ccccc2S1. The zero-order valence-corrected chi connectivity index (χ0v) is 12.9. The van der Waals surface area contributed by atoms with Crippen LogP contribution in [0.1, 0.15) is 18.2 Å². The molecule has 2 aromatic rings. The van der Waals surface area contributed by atoms with Gasteiger partial charge in [0, 0.05) is 35.9 Å². The molecule has 0 amide bonds. The number of rotatable bonds is 5. The van der Waals surface area contributed by atoms with E-state index in [9.17, 15) is 0 Å². The van der Waals surface area contributed by atoms with Crippen molar-refractivity contribution in [2.24, 2.45) is 7.05 Å². The van der Waals surface area contributed by atoms with Crippen molar-refractivity contribution >= 4 is 11.8 Å². The Balaban J connectivity index is 1.72. The van der Waals surface area contributed by atoms with Gasteiger partial charge in [-0.05, 0) is 30.7 Å². The molecule has 0 spiro atoms. The fourth-order valence-electron chi connectivity index (χ4n) is 2.83. The maximum atomic E-state index is 4.52. The van der Waals surface area contributed by atoms with Crippen molar-refractivity contribution in [3.8, 4) is 0 Å². The van der Waals surface area contributed by atoms with Crippen LogP contribution in [0.4, 0.5) is 0 Å². The molecule has 106 valence electrons. The van der Waals surface area contributed by atoms with Gasteiger partial charge in [-0.2, -0.15) is 5.10 Å². The molecule has 0 saturated carbocycles. The van der Waals surface area contributed by atoms with E-state index in [0.717, 1.165) is 19.4 Å². The molecule has 0 saturated heterocycles. The van der Waals surface area contributed by atoms with E-state index in [4.69, 9.17) is 0 Å². The fourth-order valence-corrected chi connectivity index (χ4v) is 4.23. The summed E-state index contributed by atoms with van der Waals surface area (Å²) in [4.78, 5) is 1.45. The van der Waals surface area contributed by atoms with Gasteiger partial charge in [0.15, 0.2) is 0 Å². The minimum absolute atomic E-state index is 0.479. The van der Waals surface area contributed by atoms with Crippen LogP contribution in [0.5, 0.6) is 0 Å². The molecule has 1 aromatic heterocycles. The first kappa shape index (κ1) is 13.7. The topological polar surface area (TPSA) is 29.9 Å². The van der Waals surface area contributed by atoms with E-state index < -0.39 is 0 Å². The van der Waals surface area contributed by atoms with Crippen LogP contribution in [0.3, 0.4) is 0 Å². The second kappa shape index (κ2) is 6.02. The molecule has 2 atom stereocenters. The van der Waals surface area contributed by atoms with E-state index in [1.165, 1.54) is 16.2 Å². The van der Waals surface area contributed by atoms with Gasteiger partial charge in [-0.3, -0.25) is 4.68 Å². The first-order valence-electron chi connectivity index (χ1n) is 7.22. The van der Waals surface area contributed by atoms with Gasteiger partial charge in [0.2, 0.25) is 0 Å². The van der Waals surface area contributed by atoms with Gasteiger partial charge in [0.25, 0.3) is 0 Å². The highest BCUT2D eigenvalue weighted by Crippen LogP contribution is 2.38. The van der Waals surface area contributed by atoms with Crippen molar-refractivity contribution in [1.29, 1.82) is 0 Å². The Kier molecular flexibility index (Phi) is 4.13. The smallest absolute Gasteiger partial charge is 0.0640 e. The van der Waals surface area contributed by atoms with Gasteiger partial charge in [0.05, 0.1) is 5.69 Å². The average Bonchev–Trinajstić information content (AvgIpc) is 3.04. The summed E-state index contributed by atoms with van der Waals surface area (Å²) in [5, 5.41) is 8.77. The van der Waals surface area contributed by atoms with E-state index in [-0.39, 0.29) is 0 Å². The lowest BCUT2D eigenvalue weighted by Crippen LogP contribution is -2.40. The summed E-state index contributed by atoms with van der Waals surface area (Å²) in [7, 11) is 1.98. The zero-order chi connectivity index (χ0) is 13.9. The lowest BCUT2D eigenvalue weighted by molar-refractivity contribution is 0.498. The summed E-state index contributed by atoms with van der Waals surface area (Å²) in [5.74, 6) is 0. The van der Waals surface area contributed by atoms with Crippen molar-refractivity contribution in [2.75, 3.05) is 6.54 Å². The van der Waals surface area contributed by atoms with Crippen molar-refractivity contribution in [3.05, 3.63) is 47.8 Å². The molecule has 1 aliphatic heterocycles. The van der Waals surface area contributed by atoms with Crippen LogP contribution in [0.15, 0.2) is 41.4 Å². The summed E-state index contributed by atoms with van der Waals surface area (Å²) in [5.41, 5.74) is 2.67. The van der Waals surface area contributed by atoms with Crippen molar-refractivity contribution < 1.29 is 0 Å². The maximum absolute atomic E-state index is 4.52. The summed E-state index contributed by atoms with van der Waals surface area (Å²) in [6, 6.07) is 11.4. The molecular weight excluding hydrogens is 266 g/mol. The molecule has 3 nitrogen and oxygen atoms in total. The van der Waals surface area contributed by atoms with Crippen molar-refractivity contribution in [3.63, 3.8) is 0 Å². The standard InChI is InChI=1S/C16H21N3S/c1-3-17-14(11-13-8-9-19(2)18-13)16-10-12-6-4-5-7-15(12)20-16/h4-9,14,16-17H,3,10-11H2,1-2H3. The summed E-state index contributed by atoms with van der Waals surface area (Å²) in [6.45, 7) is 3.18. The second-order valence-electron chi connectivity index (χ2n) is 5.32. The zero-order valence-electron chi connectivity index (χ0n) is 12.0. The van der Waals surface area contributed by atoms with Crippen LogP contribution in [-0.2, 0) is 19.9 Å². The second-order valence-corrected chi connectivity index (χ2v) is 6.60. The highest BCUT2D eigenvalue weighted by molar-refractivity contribution is 8.00. The Morgan fingerprint density at radius 3 is 2.95 bits per heavy atom. The van der Waals surface area contributed by atoms with Crippen LogP contribution in [0.2, 0.25) is 0 Å². The van der Waals surface area contributed by atoms with Gasteiger partial charge in [-0.15, -0.1) is 11.8 Å². The summed E-state index contributed by atoms with van der Waals surface area (Å²) < 4.78 is 1.88. The molecule has 4 heteroatoms. The normalized spacial score (nSPS) is 19.0. The Hall–Kier alpha value is -1.26. The third-order valence-corrected chi connectivity index (χ3v) is 5.24. The lowest BCUT2D eigenvalue weighted by atomic mass is 10.0. The molecule has 0 radical (unpaired) electrons. The highest BCUT2D eigenvalue weighted by Gasteiger charge is 2.29. The van der Waals surface area contributed by atoms with Crippen molar-refractivity contribution in [2.45, 2.75) is 36.0 Å². The quantitative estimate of drug-likeness (QED) is 0.917. The number of thioether (sulfide) groups is 1. The van der Waals surface area contributed by atoms with Crippen LogP contribution in [-0.4, -0.2) is 27.6 Å². The number of likely N-dealkylation sites (N-methyl/N-ethyl adjacent to an activating group) is 1. The predicted octanol–water partition coefficient (Wildman–Crippen LogP) is 2.66. The van der Waals surface area contributed by atoms with E-state index in [1.54, 1.807) is 0 Å². The predicted molar refractivity (Wildman–Crippen MR) is 84.2 cm³/mol. The average molecular weight is 287 g/mol. The molecule has 3 rings (SSSR count). The third-order valence-electron chi connectivity index (χ3n) is 3.79. The number of nitrogens with one attached hydrogen (secondary N) is 1. The van der Waals surface area contributed by atoms with Gasteiger partial charge >= 0.3 is 0 Å². The van der Waals surface area contributed by atoms with E-state index >= 15 is 0 Å². The van der Waals surface area contributed by atoms with Crippen LogP contribution >= 0.6 is 11.8 Å². The number of hydrogen-bond acceptors (Lipinski definition) is 3. The molecule has 1 aliphatic rings. The lowest BCUT2D eigenvalue weighted by Gasteiger charge is -2.22. The number of benzene rings is 1. The Labute approximate surface area is 124 Å². The number of aromatic nitrogens is 2. The number of fused-ring (bicyclic) bond motifs is 1. The minimum Gasteiger partial charge on any atom is -0.313 e. The molecular formula is C16H21N3S. The van der Waals surface area contributed by atoms with Gasteiger partial charge in [-0.25, -0.2) is 0 Å². The van der Waals surface area contributed by atoms with E-state index in [2.05, 4.69) is 47.7 Å². The molecule has 2 unspecified atom stereocenters. The van der Waals surface area contributed by atoms with E-state index in [0.29, 0.717) is 11.3 Å². The number of nitrogens with zero attached hydrogens (tertiary/aromatic N) is 2. The van der Waals surface area contributed by atoms with Gasteiger partial charge < -0.3 is 5.32 Å². The van der Waals surface area contributed by atoms with Crippen molar-refractivity contribution in [1.82, 2.24) is 15.1 Å². The molecule has 1 N–H and O–H groups in total. The Morgan fingerprint density at radius 2 is 2.25 bits per heavy atom. The van der Waals surface area contributed by atoms with Gasteiger partial charge in [-0.1, -0.05) is 25.1 Å². The maximum Gasteiger partial charge on any atom is 0.0640 e. The fraction of sp³-hybridized carbons (Fsp3) is 0.438. The molecule has 2 heterocycles. The highest BCUT2D eigenvalue weighted by atomic mass is 32.2. The van der Waals surface area contributed by atoms with Crippen LogP contribution in [0, 0.1) is 0 Å². The summed E-state index contributed by atoms with van der Waals surface area (Å²) in [6.07, 6.45) is 4.18.